The van der Waals surface area contributed by atoms with Crippen molar-refractivity contribution in [2.75, 3.05) is 11.1 Å². The molecule has 2 aromatic heterocycles. The van der Waals surface area contributed by atoms with Gasteiger partial charge in [-0.05, 0) is 43.2 Å². The second kappa shape index (κ2) is 7.36. The molecule has 0 spiro atoms. The van der Waals surface area contributed by atoms with E-state index < -0.39 is 0 Å². The number of carbonyl (C=O) groups excluding carboxylic acids is 1. The Morgan fingerprint density at radius 1 is 1.11 bits per heavy atom. The Labute approximate surface area is 160 Å². The number of fused-ring (bicyclic) bond motifs is 3. The number of nitrogens with one attached hydrogen (secondary N) is 2. The highest BCUT2D eigenvalue weighted by molar-refractivity contribution is 7.99. The number of aromatic amines is 1. The third-order valence-electron chi connectivity index (χ3n) is 4.45. The number of aromatic nitrogens is 4. The molecule has 4 aromatic rings. The van der Waals surface area contributed by atoms with E-state index in [1.165, 1.54) is 17.3 Å². The summed E-state index contributed by atoms with van der Waals surface area (Å²) in [7, 11) is 0. The summed E-state index contributed by atoms with van der Waals surface area (Å²) in [6.07, 6.45) is 0.381. The van der Waals surface area contributed by atoms with Gasteiger partial charge in [-0.1, -0.05) is 36.0 Å². The molecule has 0 aliphatic heterocycles. The normalized spacial score (nSPS) is 11.2. The molecule has 27 heavy (non-hydrogen) atoms. The largest absolute Gasteiger partial charge is 0.338 e. The van der Waals surface area contributed by atoms with E-state index in [4.69, 9.17) is 0 Å². The van der Waals surface area contributed by atoms with E-state index in [2.05, 4.69) is 32.4 Å². The molecular weight excluding hydrogens is 358 g/mol. The number of H-pyrrole nitrogens is 1. The van der Waals surface area contributed by atoms with Gasteiger partial charge in [-0.15, -0.1) is 10.2 Å². The minimum atomic E-state index is -0.0228. The Bertz CT molecular complexity index is 1140. The summed E-state index contributed by atoms with van der Waals surface area (Å²) < 4.78 is 0. The molecule has 1 amide bonds. The summed E-state index contributed by atoms with van der Waals surface area (Å²) in [5, 5.41) is 13.0. The average molecular weight is 377 g/mol. The number of benzene rings is 2. The second-order valence-electron chi connectivity index (χ2n) is 6.41. The number of thioether (sulfide) groups is 1. The number of hydrogen-bond acceptors (Lipinski definition) is 5. The first-order valence-corrected chi connectivity index (χ1v) is 9.70. The third-order valence-corrected chi connectivity index (χ3v) is 5.29. The first kappa shape index (κ1) is 17.5. The zero-order valence-electron chi connectivity index (χ0n) is 15.1. The Balaban J connectivity index is 1.37. The first-order chi connectivity index (χ1) is 13.1. The van der Waals surface area contributed by atoms with E-state index in [1.54, 1.807) is 0 Å². The molecular formula is C20H19N5OS. The van der Waals surface area contributed by atoms with Crippen LogP contribution in [0.5, 0.6) is 0 Å². The van der Waals surface area contributed by atoms with Crippen molar-refractivity contribution in [1.29, 1.82) is 0 Å². The van der Waals surface area contributed by atoms with Gasteiger partial charge >= 0.3 is 0 Å². The summed E-state index contributed by atoms with van der Waals surface area (Å²) in [6, 6.07) is 13.8. The van der Waals surface area contributed by atoms with Crippen molar-refractivity contribution >= 4 is 45.4 Å². The number of anilines is 1. The lowest BCUT2D eigenvalue weighted by Crippen LogP contribution is -2.12. The molecule has 0 atom stereocenters. The Hall–Kier alpha value is -2.93. The highest BCUT2D eigenvalue weighted by Gasteiger charge is 2.10. The summed E-state index contributed by atoms with van der Waals surface area (Å²) in [6.45, 7) is 4.08. The fraction of sp³-hybridized carbons (Fsp3) is 0.200. The lowest BCUT2D eigenvalue weighted by molar-refractivity contribution is -0.115. The molecule has 2 N–H and O–H groups in total. The van der Waals surface area contributed by atoms with E-state index in [0.717, 1.165) is 27.7 Å². The van der Waals surface area contributed by atoms with Crippen LogP contribution in [-0.2, 0) is 4.79 Å². The molecule has 136 valence electrons. The maximum atomic E-state index is 12.1. The van der Waals surface area contributed by atoms with Gasteiger partial charge in [0.05, 0.1) is 0 Å². The Kier molecular flexibility index (Phi) is 4.77. The van der Waals surface area contributed by atoms with Gasteiger partial charge in [0, 0.05) is 28.8 Å². The molecule has 0 saturated carbocycles. The van der Waals surface area contributed by atoms with Gasteiger partial charge in [0.15, 0.2) is 5.65 Å². The van der Waals surface area contributed by atoms with Crippen LogP contribution in [0.1, 0.15) is 17.5 Å². The van der Waals surface area contributed by atoms with Crippen molar-refractivity contribution in [1.82, 2.24) is 20.2 Å². The average Bonchev–Trinajstić information content (AvgIpc) is 3.02. The summed E-state index contributed by atoms with van der Waals surface area (Å²) in [5.74, 6) is 0.565. The maximum absolute atomic E-state index is 12.1. The monoisotopic (exact) mass is 377 g/mol. The van der Waals surface area contributed by atoms with Crippen LogP contribution >= 0.6 is 11.8 Å². The molecule has 0 fully saturated rings. The minimum Gasteiger partial charge on any atom is -0.338 e. The Morgan fingerprint density at radius 3 is 2.81 bits per heavy atom. The van der Waals surface area contributed by atoms with Crippen molar-refractivity contribution in [2.24, 2.45) is 0 Å². The van der Waals surface area contributed by atoms with Crippen molar-refractivity contribution in [3.63, 3.8) is 0 Å². The maximum Gasteiger partial charge on any atom is 0.225 e. The third kappa shape index (κ3) is 3.78. The van der Waals surface area contributed by atoms with Crippen LogP contribution in [-0.4, -0.2) is 31.8 Å². The molecule has 0 aliphatic carbocycles. The Morgan fingerprint density at radius 2 is 1.96 bits per heavy atom. The molecule has 0 unspecified atom stereocenters. The van der Waals surface area contributed by atoms with Crippen molar-refractivity contribution in [3.8, 4) is 0 Å². The van der Waals surface area contributed by atoms with Crippen LogP contribution in [0.25, 0.3) is 22.1 Å². The number of hydrogen-bond donors (Lipinski definition) is 2. The molecule has 4 rings (SSSR count). The van der Waals surface area contributed by atoms with Gasteiger partial charge in [-0.2, -0.15) is 0 Å². The fourth-order valence-corrected chi connectivity index (χ4v) is 3.57. The molecule has 0 bridgehead atoms. The summed E-state index contributed by atoms with van der Waals surface area (Å²) >= 11 is 1.42. The standard InChI is InChI=1S/C20H19N5OS/c1-12-7-8-14(11-13(12)2)21-17(26)9-10-27-20-23-19-18(24-25-20)15-5-3-4-6-16(15)22-19/h3-8,11H,9-10H2,1-2H3,(H,21,26)(H,22,23,25). The number of para-hydroxylation sites is 1. The fourth-order valence-electron chi connectivity index (χ4n) is 2.84. The summed E-state index contributed by atoms with van der Waals surface area (Å²) in [5.41, 5.74) is 5.67. The van der Waals surface area contributed by atoms with Crippen LogP contribution in [0.4, 0.5) is 5.69 Å². The van der Waals surface area contributed by atoms with Gasteiger partial charge in [0.2, 0.25) is 11.1 Å². The second-order valence-corrected chi connectivity index (χ2v) is 7.47. The van der Waals surface area contributed by atoms with Crippen LogP contribution < -0.4 is 5.32 Å². The van der Waals surface area contributed by atoms with Gasteiger partial charge in [-0.25, -0.2) is 4.98 Å². The summed E-state index contributed by atoms with van der Waals surface area (Å²) in [4.78, 5) is 19.9. The number of rotatable bonds is 5. The van der Waals surface area contributed by atoms with E-state index in [1.807, 2.05) is 49.4 Å². The molecule has 2 aromatic carbocycles. The van der Waals surface area contributed by atoms with Crippen molar-refractivity contribution in [3.05, 3.63) is 53.6 Å². The zero-order chi connectivity index (χ0) is 18.8. The number of carbonyl (C=O) groups is 1. The molecule has 0 aliphatic rings. The van der Waals surface area contributed by atoms with E-state index in [-0.39, 0.29) is 5.91 Å². The molecule has 0 saturated heterocycles. The first-order valence-electron chi connectivity index (χ1n) is 8.71. The predicted octanol–water partition coefficient (Wildman–Crippen LogP) is 4.24. The van der Waals surface area contributed by atoms with E-state index >= 15 is 0 Å². The van der Waals surface area contributed by atoms with Gasteiger partial charge in [-0.3, -0.25) is 4.79 Å². The topological polar surface area (TPSA) is 83.6 Å². The number of nitrogens with zero attached hydrogens (tertiary/aromatic N) is 3. The highest BCUT2D eigenvalue weighted by atomic mass is 32.2. The SMILES string of the molecule is Cc1ccc(NC(=O)CCSc2nnc3c(n2)[nH]c2ccccc23)cc1C. The van der Waals surface area contributed by atoms with Crippen LogP contribution in [0.2, 0.25) is 0 Å². The van der Waals surface area contributed by atoms with Crippen molar-refractivity contribution in [2.45, 2.75) is 25.4 Å². The highest BCUT2D eigenvalue weighted by Crippen LogP contribution is 2.23. The molecule has 0 radical (unpaired) electrons. The van der Waals surface area contributed by atoms with Gasteiger partial charge < -0.3 is 10.3 Å². The van der Waals surface area contributed by atoms with Gasteiger partial charge in [0.25, 0.3) is 0 Å². The quantitative estimate of drug-likeness (QED) is 0.508. The van der Waals surface area contributed by atoms with E-state index in [0.29, 0.717) is 23.0 Å². The number of amides is 1. The minimum absolute atomic E-state index is 0.0228. The van der Waals surface area contributed by atoms with Crippen LogP contribution in [0.3, 0.4) is 0 Å². The molecule has 2 heterocycles. The van der Waals surface area contributed by atoms with Crippen LogP contribution in [0.15, 0.2) is 47.6 Å². The lowest BCUT2D eigenvalue weighted by atomic mass is 10.1. The van der Waals surface area contributed by atoms with Gasteiger partial charge in [0.1, 0.15) is 5.52 Å². The zero-order valence-corrected chi connectivity index (χ0v) is 15.9. The lowest BCUT2D eigenvalue weighted by Gasteiger charge is -2.07. The molecule has 6 nitrogen and oxygen atoms in total. The van der Waals surface area contributed by atoms with Crippen LogP contribution in [0, 0.1) is 13.8 Å². The van der Waals surface area contributed by atoms with Crippen molar-refractivity contribution < 1.29 is 4.79 Å². The predicted molar refractivity (Wildman–Crippen MR) is 109 cm³/mol. The molecule has 7 heteroatoms. The number of aryl methyl sites for hydroxylation is 2. The smallest absolute Gasteiger partial charge is 0.225 e. The van der Waals surface area contributed by atoms with E-state index in [9.17, 15) is 4.79 Å².